The predicted molar refractivity (Wildman–Crippen MR) is 105 cm³/mol. The summed E-state index contributed by atoms with van der Waals surface area (Å²) in [6, 6.07) is 11.1. The van der Waals surface area contributed by atoms with Crippen LogP contribution >= 0.6 is 11.3 Å². The molecule has 4 rings (SSSR count). The largest absolute Gasteiger partial charge is 0.496 e. The Morgan fingerprint density at radius 2 is 2.18 bits per heavy atom. The Labute approximate surface area is 164 Å². The van der Waals surface area contributed by atoms with Crippen molar-refractivity contribution >= 4 is 38.5 Å². The highest BCUT2D eigenvalue weighted by Crippen LogP contribution is 2.29. The lowest BCUT2D eigenvalue weighted by Crippen LogP contribution is -2.41. The maximum absolute atomic E-state index is 13.4. The van der Waals surface area contributed by atoms with E-state index in [1.165, 1.54) is 23.5 Å². The second-order valence-corrected chi connectivity index (χ2v) is 7.54. The van der Waals surface area contributed by atoms with Crippen LogP contribution in [0.2, 0.25) is 0 Å². The molecule has 8 heteroatoms. The van der Waals surface area contributed by atoms with E-state index in [0.717, 1.165) is 5.56 Å². The summed E-state index contributed by atoms with van der Waals surface area (Å²) in [4.78, 5) is 31.1. The zero-order valence-electron chi connectivity index (χ0n) is 15.1. The van der Waals surface area contributed by atoms with Crippen LogP contribution in [-0.2, 0) is 16.1 Å². The van der Waals surface area contributed by atoms with Gasteiger partial charge in [-0.25, -0.2) is 9.37 Å². The van der Waals surface area contributed by atoms with Crippen LogP contribution < -0.4 is 10.1 Å². The number of amides is 2. The average molecular weight is 399 g/mol. The number of hydrogen-bond acceptors (Lipinski definition) is 5. The Morgan fingerprint density at radius 3 is 3.00 bits per heavy atom. The number of nitrogens with zero attached hydrogens (tertiary/aromatic N) is 2. The van der Waals surface area contributed by atoms with Gasteiger partial charge in [0.2, 0.25) is 11.8 Å². The van der Waals surface area contributed by atoms with E-state index < -0.39 is 6.04 Å². The molecule has 1 fully saturated rings. The molecule has 28 heavy (non-hydrogen) atoms. The van der Waals surface area contributed by atoms with Crippen LogP contribution in [0.15, 0.2) is 42.5 Å². The summed E-state index contributed by atoms with van der Waals surface area (Å²) >= 11 is 1.20. The molecule has 0 saturated carbocycles. The Kier molecular flexibility index (Phi) is 4.95. The summed E-state index contributed by atoms with van der Waals surface area (Å²) in [7, 11) is 1.57. The van der Waals surface area contributed by atoms with Gasteiger partial charge in [-0.3, -0.25) is 9.59 Å². The SMILES string of the molecule is COc1ccccc1CN1C(=O)CCC1C(=O)Nc1nc2ccc(F)cc2s1. The number of fused-ring (bicyclic) bond motifs is 1. The van der Waals surface area contributed by atoms with Crippen molar-refractivity contribution < 1.29 is 18.7 Å². The molecule has 2 amide bonds. The van der Waals surface area contributed by atoms with Gasteiger partial charge in [-0.05, 0) is 30.7 Å². The summed E-state index contributed by atoms with van der Waals surface area (Å²) in [5, 5.41) is 3.17. The van der Waals surface area contributed by atoms with E-state index in [1.54, 1.807) is 18.1 Å². The van der Waals surface area contributed by atoms with Crippen LogP contribution in [0, 0.1) is 5.82 Å². The molecule has 1 unspecified atom stereocenters. The van der Waals surface area contributed by atoms with Gasteiger partial charge in [0.25, 0.3) is 0 Å². The van der Waals surface area contributed by atoms with Crippen molar-refractivity contribution in [3.05, 3.63) is 53.8 Å². The van der Waals surface area contributed by atoms with Crippen molar-refractivity contribution in [2.75, 3.05) is 12.4 Å². The molecule has 3 aromatic rings. The van der Waals surface area contributed by atoms with Gasteiger partial charge in [-0.15, -0.1) is 0 Å². The minimum Gasteiger partial charge on any atom is -0.496 e. The number of methoxy groups -OCH3 is 1. The quantitative estimate of drug-likeness (QED) is 0.712. The van der Waals surface area contributed by atoms with E-state index in [9.17, 15) is 14.0 Å². The van der Waals surface area contributed by atoms with E-state index in [4.69, 9.17) is 4.74 Å². The molecular formula is C20H18FN3O3S. The second-order valence-electron chi connectivity index (χ2n) is 6.51. The molecule has 0 aliphatic carbocycles. The number of para-hydroxylation sites is 1. The lowest BCUT2D eigenvalue weighted by molar-refractivity contribution is -0.133. The summed E-state index contributed by atoms with van der Waals surface area (Å²) in [6.07, 6.45) is 0.762. The first kappa shape index (κ1) is 18.4. The van der Waals surface area contributed by atoms with Gasteiger partial charge in [0, 0.05) is 12.0 Å². The van der Waals surface area contributed by atoms with Crippen LogP contribution in [0.4, 0.5) is 9.52 Å². The van der Waals surface area contributed by atoms with E-state index in [1.807, 2.05) is 24.3 Å². The number of carbonyl (C=O) groups is 2. The standard InChI is InChI=1S/C20H18FN3O3S/c1-27-16-5-3-2-4-12(16)11-24-15(8-9-18(24)25)19(26)23-20-22-14-7-6-13(21)10-17(14)28-20/h2-7,10,15H,8-9,11H2,1H3,(H,22,23,26). The van der Waals surface area contributed by atoms with Crippen LogP contribution in [0.1, 0.15) is 18.4 Å². The number of likely N-dealkylation sites (tertiary alicyclic amines) is 1. The number of nitrogens with one attached hydrogen (secondary N) is 1. The molecule has 1 saturated heterocycles. The summed E-state index contributed by atoms with van der Waals surface area (Å²) in [5.41, 5.74) is 1.46. The molecule has 1 atom stereocenters. The topological polar surface area (TPSA) is 71.5 Å². The molecular weight excluding hydrogens is 381 g/mol. The summed E-state index contributed by atoms with van der Waals surface area (Å²) in [5.74, 6) is -0.0364. The van der Waals surface area contributed by atoms with Gasteiger partial charge in [-0.1, -0.05) is 29.5 Å². The molecule has 0 spiro atoms. The van der Waals surface area contributed by atoms with Gasteiger partial charge in [0.05, 0.1) is 23.9 Å². The van der Waals surface area contributed by atoms with Crippen molar-refractivity contribution in [2.24, 2.45) is 0 Å². The number of hydrogen-bond donors (Lipinski definition) is 1. The zero-order chi connectivity index (χ0) is 19.7. The zero-order valence-corrected chi connectivity index (χ0v) is 16.0. The number of aromatic nitrogens is 1. The van der Waals surface area contributed by atoms with E-state index in [-0.39, 0.29) is 17.6 Å². The minimum absolute atomic E-state index is 0.0718. The number of ether oxygens (including phenoxy) is 1. The Morgan fingerprint density at radius 1 is 1.36 bits per heavy atom. The third-order valence-electron chi connectivity index (χ3n) is 4.74. The van der Waals surface area contributed by atoms with Crippen LogP contribution in [-0.4, -0.2) is 34.8 Å². The molecule has 144 valence electrons. The highest BCUT2D eigenvalue weighted by molar-refractivity contribution is 7.22. The van der Waals surface area contributed by atoms with Gasteiger partial charge in [0.1, 0.15) is 17.6 Å². The molecule has 6 nitrogen and oxygen atoms in total. The normalized spacial score (nSPS) is 16.6. The fourth-order valence-electron chi connectivity index (χ4n) is 3.36. The average Bonchev–Trinajstić information content (AvgIpc) is 3.25. The van der Waals surface area contributed by atoms with Crippen molar-refractivity contribution in [1.29, 1.82) is 0 Å². The van der Waals surface area contributed by atoms with Crippen LogP contribution in [0.3, 0.4) is 0 Å². The number of anilines is 1. The molecule has 0 bridgehead atoms. The fraction of sp³-hybridized carbons (Fsp3) is 0.250. The lowest BCUT2D eigenvalue weighted by atomic mass is 10.1. The first-order valence-electron chi connectivity index (χ1n) is 8.83. The third-order valence-corrected chi connectivity index (χ3v) is 5.68. The van der Waals surface area contributed by atoms with E-state index in [0.29, 0.717) is 40.5 Å². The Balaban J connectivity index is 1.52. The maximum Gasteiger partial charge on any atom is 0.248 e. The smallest absolute Gasteiger partial charge is 0.248 e. The number of thiazole rings is 1. The highest BCUT2D eigenvalue weighted by Gasteiger charge is 2.36. The van der Waals surface area contributed by atoms with Gasteiger partial charge in [0.15, 0.2) is 5.13 Å². The predicted octanol–water partition coefficient (Wildman–Crippen LogP) is 3.57. The maximum atomic E-state index is 13.4. The fourth-order valence-corrected chi connectivity index (χ4v) is 4.26. The van der Waals surface area contributed by atoms with E-state index in [2.05, 4.69) is 10.3 Å². The van der Waals surface area contributed by atoms with Crippen molar-refractivity contribution in [3.63, 3.8) is 0 Å². The second kappa shape index (κ2) is 7.55. The van der Waals surface area contributed by atoms with Crippen molar-refractivity contribution in [3.8, 4) is 5.75 Å². The van der Waals surface area contributed by atoms with Crippen molar-refractivity contribution in [1.82, 2.24) is 9.88 Å². The summed E-state index contributed by atoms with van der Waals surface area (Å²) in [6.45, 7) is 0.298. The first-order valence-corrected chi connectivity index (χ1v) is 9.65. The molecule has 2 heterocycles. The lowest BCUT2D eigenvalue weighted by Gasteiger charge is -2.24. The molecule has 0 radical (unpaired) electrons. The van der Waals surface area contributed by atoms with Gasteiger partial charge in [-0.2, -0.15) is 0 Å². The number of carbonyl (C=O) groups excluding carboxylic acids is 2. The Bertz CT molecular complexity index is 1050. The monoisotopic (exact) mass is 399 g/mol. The summed E-state index contributed by atoms with van der Waals surface area (Å²) < 4.78 is 19.4. The Hall–Kier alpha value is -3.00. The van der Waals surface area contributed by atoms with Gasteiger partial charge < -0.3 is 15.0 Å². The van der Waals surface area contributed by atoms with Crippen LogP contribution in [0.5, 0.6) is 5.75 Å². The first-order chi connectivity index (χ1) is 13.5. The highest BCUT2D eigenvalue weighted by atomic mass is 32.1. The minimum atomic E-state index is -0.582. The number of halogens is 1. The van der Waals surface area contributed by atoms with E-state index >= 15 is 0 Å². The molecule has 2 aromatic carbocycles. The van der Waals surface area contributed by atoms with Crippen molar-refractivity contribution in [2.45, 2.75) is 25.4 Å². The number of benzene rings is 2. The molecule has 1 aliphatic heterocycles. The number of rotatable bonds is 5. The molecule has 1 N–H and O–H groups in total. The van der Waals surface area contributed by atoms with Gasteiger partial charge >= 0.3 is 0 Å². The van der Waals surface area contributed by atoms with Crippen LogP contribution in [0.25, 0.3) is 10.2 Å². The molecule has 1 aliphatic rings. The molecule has 1 aromatic heterocycles. The third kappa shape index (κ3) is 3.55.